The lowest BCUT2D eigenvalue weighted by molar-refractivity contribution is -0.138. The molecule has 12 heteroatoms. The van der Waals surface area contributed by atoms with Crippen LogP contribution in [0.1, 0.15) is 24.8 Å². The molecule has 1 aromatic rings. The van der Waals surface area contributed by atoms with Gasteiger partial charge in [-0.2, -0.15) is 0 Å². The van der Waals surface area contributed by atoms with Gasteiger partial charge in [-0.25, -0.2) is 0 Å². The second kappa shape index (κ2) is 14.0. The molecule has 0 saturated heterocycles. The van der Waals surface area contributed by atoms with Crippen molar-refractivity contribution >= 4 is 23.7 Å². The van der Waals surface area contributed by atoms with E-state index < -0.39 is 55.0 Å². The van der Waals surface area contributed by atoms with E-state index in [9.17, 15) is 24.3 Å². The first-order valence-corrected chi connectivity index (χ1v) is 10.1. The summed E-state index contributed by atoms with van der Waals surface area (Å²) in [6, 6.07) is 2.53. The molecular weight excluding hydrogens is 422 g/mol. The first kappa shape index (κ1) is 26.8. The van der Waals surface area contributed by atoms with Crippen molar-refractivity contribution < 1.29 is 34.5 Å². The number of carboxylic acid groups (broad SMARTS) is 1. The maximum absolute atomic E-state index is 12.9. The van der Waals surface area contributed by atoms with Crippen molar-refractivity contribution in [1.82, 2.24) is 16.0 Å². The molecule has 3 unspecified atom stereocenters. The van der Waals surface area contributed by atoms with E-state index in [1.807, 2.05) is 0 Å². The Bertz CT molecular complexity index is 772. The van der Waals surface area contributed by atoms with Crippen LogP contribution in [-0.2, 0) is 25.6 Å². The normalized spacial score (nSPS) is 13.5. The smallest absolute Gasteiger partial charge is 0.322 e. The summed E-state index contributed by atoms with van der Waals surface area (Å²) in [6.07, 6.45) is 1.34. The Hall–Kier alpha value is -3.22. The number of nitrogens with one attached hydrogen (secondary N) is 3. The molecule has 0 saturated carbocycles. The fourth-order valence-corrected chi connectivity index (χ4v) is 2.76. The molecule has 0 radical (unpaired) electrons. The number of carbonyl (C=O) groups is 4. The van der Waals surface area contributed by atoms with Crippen LogP contribution in [0.4, 0.5) is 0 Å². The molecule has 12 nitrogen and oxygen atoms in total. The Morgan fingerprint density at radius 1 is 0.938 bits per heavy atom. The molecule has 0 bridgehead atoms. The van der Waals surface area contributed by atoms with Crippen molar-refractivity contribution in [3.63, 3.8) is 0 Å². The quantitative estimate of drug-likeness (QED) is 0.140. The molecule has 1 aromatic carbocycles. The molecule has 0 spiro atoms. The monoisotopic (exact) mass is 453 g/mol. The van der Waals surface area contributed by atoms with Gasteiger partial charge in [0.25, 0.3) is 0 Å². The van der Waals surface area contributed by atoms with Gasteiger partial charge in [0, 0.05) is 6.42 Å². The van der Waals surface area contributed by atoms with Crippen LogP contribution in [0.25, 0.3) is 0 Å². The van der Waals surface area contributed by atoms with E-state index in [-0.39, 0.29) is 18.6 Å². The number of rotatable bonds is 14. The first-order chi connectivity index (χ1) is 15.2. The number of benzene rings is 1. The second-order valence-corrected chi connectivity index (χ2v) is 7.18. The van der Waals surface area contributed by atoms with E-state index in [1.165, 1.54) is 12.1 Å². The van der Waals surface area contributed by atoms with Gasteiger partial charge in [-0.3, -0.25) is 19.2 Å². The summed E-state index contributed by atoms with van der Waals surface area (Å²) >= 11 is 0. The van der Waals surface area contributed by atoms with Crippen LogP contribution in [0.15, 0.2) is 24.3 Å². The number of unbranched alkanes of at least 4 members (excludes halogenated alkanes) is 1. The predicted molar refractivity (Wildman–Crippen MR) is 114 cm³/mol. The zero-order valence-electron chi connectivity index (χ0n) is 17.6. The van der Waals surface area contributed by atoms with Gasteiger partial charge < -0.3 is 42.7 Å². The maximum atomic E-state index is 12.9. The molecule has 0 heterocycles. The van der Waals surface area contributed by atoms with Crippen LogP contribution in [-0.4, -0.2) is 76.8 Å². The molecule has 0 aliphatic carbocycles. The topological polar surface area (TPSA) is 217 Å². The standard InChI is InChI=1S/C20H31N5O7/c21-8-2-1-3-15(24-18(30)14(22)11-26)20(32)25-16(19(31)23-10-17(28)29)9-12-4-6-13(27)7-5-12/h4-7,14-16,26-27H,1-3,8-11,21-22H2,(H,23,31)(H,24,30)(H,25,32)(H,28,29). The zero-order valence-corrected chi connectivity index (χ0v) is 17.6. The molecule has 0 aliphatic rings. The summed E-state index contributed by atoms with van der Waals surface area (Å²) in [5, 5.41) is 34.5. The number of aromatic hydroxyl groups is 1. The van der Waals surface area contributed by atoms with Gasteiger partial charge >= 0.3 is 5.97 Å². The van der Waals surface area contributed by atoms with Crippen molar-refractivity contribution in [2.75, 3.05) is 19.7 Å². The maximum Gasteiger partial charge on any atom is 0.322 e. The van der Waals surface area contributed by atoms with E-state index in [0.29, 0.717) is 24.9 Å². The molecule has 3 atom stereocenters. The molecule has 0 aromatic heterocycles. The minimum Gasteiger partial charge on any atom is -0.508 e. The highest BCUT2D eigenvalue weighted by Crippen LogP contribution is 2.12. The third-order valence-corrected chi connectivity index (χ3v) is 4.54. The number of phenolic OH excluding ortho intramolecular Hbond substituents is 1. The first-order valence-electron chi connectivity index (χ1n) is 10.1. The van der Waals surface area contributed by atoms with E-state index in [1.54, 1.807) is 12.1 Å². The van der Waals surface area contributed by atoms with Gasteiger partial charge in [-0.15, -0.1) is 0 Å². The largest absolute Gasteiger partial charge is 0.508 e. The number of phenols is 1. The Balaban J connectivity index is 2.99. The van der Waals surface area contributed by atoms with Crippen molar-refractivity contribution in [1.29, 1.82) is 0 Å². The highest BCUT2D eigenvalue weighted by molar-refractivity contribution is 5.93. The fourth-order valence-electron chi connectivity index (χ4n) is 2.76. The number of carbonyl (C=O) groups excluding carboxylic acids is 3. The van der Waals surface area contributed by atoms with Crippen LogP contribution in [0, 0.1) is 0 Å². The number of aliphatic hydroxyl groups excluding tert-OH is 1. The van der Waals surface area contributed by atoms with Crippen molar-refractivity contribution in [2.24, 2.45) is 11.5 Å². The third-order valence-electron chi connectivity index (χ3n) is 4.54. The molecular formula is C20H31N5O7. The lowest BCUT2D eigenvalue weighted by atomic mass is 10.0. The Morgan fingerprint density at radius 3 is 2.12 bits per heavy atom. The summed E-state index contributed by atoms with van der Waals surface area (Å²) in [5.74, 6) is -3.36. The van der Waals surface area contributed by atoms with Gasteiger partial charge in [0.15, 0.2) is 0 Å². The Labute approximate surface area is 185 Å². The number of hydrogen-bond donors (Lipinski definition) is 8. The van der Waals surface area contributed by atoms with Crippen LogP contribution >= 0.6 is 0 Å². The molecule has 0 fully saturated rings. The summed E-state index contributed by atoms with van der Waals surface area (Å²) in [7, 11) is 0. The second-order valence-electron chi connectivity index (χ2n) is 7.18. The third kappa shape index (κ3) is 9.73. The minimum absolute atomic E-state index is 0.0110. The van der Waals surface area contributed by atoms with E-state index >= 15 is 0 Å². The van der Waals surface area contributed by atoms with Gasteiger partial charge in [0.1, 0.15) is 30.4 Å². The van der Waals surface area contributed by atoms with Crippen LogP contribution in [0.2, 0.25) is 0 Å². The molecule has 32 heavy (non-hydrogen) atoms. The average Bonchev–Trinajstić information content (AvgIpc) is 2.76. The van der Waals surface area contributed by atoms with Crippen LogP contribution in [0.5, 0.6) is 5.75 Å². The van der Waals surface area contributed by atoms with Gasteiger partial charge in [0.05, 0.1) is 6.61 Å². The van der Waals surface area contributed by atoms with Crippen molar-refractivity contribution in [2.45, 2.75) is 43.8 Å². The van der Waals surface area contributed by atoms with E-state index in [2.05, 4.69) is 16.0 Å². The minimum atomic E-state index is -1.25. The predicted octanol–water partition coefficient (Wildman–Crippen LogP) is -2.45. The Morgan fingerprint density at radius 2 is 1.56 bits per heavy atom. The number of aliphatic hydroxyl groups is 1. The van der Waals surface area contributed by atoms with Crippen LogP contribution < -0.4 is 27.4 Å². The number of nitrogens with two attached hydrogens (primary N) is 2. The van der Waals surface area contributed by atoms with Crippen LogP contribution in [0.3, 0.4) is 0 Å². The molecule has 0 aliphatic heterocycles. The Kier molecular flexibility index (Phi) is 11.7. The van der Waals surface area contributed by atoms with E-state index in [4.69, 9.17) is 21.7 Å². The average molecular weight is 453 g/mol. The molecule has 178 valence electrons. The number of hydrogen-bond acceptors (Lipinski definition) is 8. The lowest BCUT2D eigenvalue weighted by Gasteiger charge is -2.24. The van der Waals surface area contributed by atoms with Gasteiger partial charge in [0.2, 0.25) is 17.7 Å². The van der Waals surface area contributed by atoms with Crippen molar-refractivity contribution in [3.8, 4) is 5.75 Å². The summed E-state index contributed by atoms with van der Waals surface area (Å²) in [4.78, 5) is 48.3. The van der Waals surface area contributed by atoms with Crippen molar-refractivity contribution in [3.05, 3.63) is 29.8 Å². The lowest BCUT2D eigenvalue weighted by Crippen LogP contribution is -2.57. The highest BCUT2D eigenvalue weighted by Gasteiger charge is 2.28. The molecule has 1 rings (SSSR count). The summed E-state index contributed by atoms with van der Waals surface area (Å²) < 4.78 is 0. The number of carboxylic acids is 1. The SMILES string of the molecule is NCCCCC(NC(=O)C(N)CO)C(=O)NC(Cc1ccc(O)cc1)C(=O)NCC(=O)O. The summed E-state index contributed by atoms with van der Waals surface area (Å²) in [5.41, 5.74) is 11.6. The van der Waals surface area contributed by atoms with Gasteiger partial charge in [-0.05, 0) is 43.5 Å². The fraction of sp³-hybridized carbons (Fsp3) is 0.500. The molecule has 3 amide bonds. The highest BCUT2D eigenvalue weighted by atomic mass is 16.4. The number of amides is 3. The van der Waals surface area contributed by atoms with Gasteiger partial charge in [-0.1, -0.05) is 12.1 Å². The zero-order chi connectivity index (χ0) is 24.1. The van der Waals surface area contributed by atoms with E-state index in [0.717, 1.165) is 0 Å². The number of aliphatic carboxylic acids is 1. The molecule has 10 N–H and O–H groups in total. The summed E-state index contributed by atoms with van der Waals surface area (Å²) in [6.45, 7) is -0.855.